The van der Waals surface area contributed by atoms with E-state index in [0.717, 1.165) is 33.0 Å². The van der Waals surface area contributed by atoms with Crippen molar-refractivity contribution in [3.63, 3.8) is 0 Å². The molecule has 0 saturated carbocycles. The quantitative estimate of drug-likeness (QED) is 0.244. The van der Waals surface area contributed by atoms with E-state index in [1.54, 1.807) is 19.1 Å². The Hall–Kier alpha value is -3.45. The van der Waals surface area contributed by atoms with Crippen molar-refractivity contribution in [3.05, 3.63) is 76.9 Å². The zero-order valence-corrected chi connectivity index (χ0v) is 22.0. The Morgan fingerprint density at radius 2 is 1.57 bits per heavy atom. The van der Waals surface area contributed by atoms with Crippen molar-refractivity contribution in [1.29, 1.82) is 0 Å². The fraction of sp³-hybridized carbons (Fsp3) is 0.250. The molecule has 0 atom stereocenters. The molecule has 3 aromatic carbocycles. The third-order valence-electron chi connectivity index (χ3n) is 6.07. The first kappa shape index (κ1) is 24.7. The molecule has 6 nitrogen and oxygen atoms in total. The van der Waals surface area contributed by atoms with Gasteiger partial charge >= 0.3 is 6.09 Å². The largest absolute Gasteiger partial charge is 0.493 e. The molecule has 182 valence electrons. The first-order valence-corrected chi connectivity index (χ1v) is 12.3. The summed E-state index contributed by atoms with van der Waals surface area (Å²) >= 11 is 3.50. The van der Waals surface area contributed by atoms with E-state index in [-0.39, 0.29) is 6.09 Å². The molecule has 0 saturated heterocycles. The van der Waals surface area contributed by atoms with Crippen LogP contribution in [0.4, 0.5) is 4.79 Å². The zero-order chi connectivity index (χ0) is 24.9. The summed E-state index contributed by atoms with van der Waals surface area (Å²) in [5.41, 5.74) is 3.94. The summed E-state index contributed by atoms with van der Waals surface area (Å²) in [6.45, 7) is 5.75. The third kappa shape index (κ3) is 5.15. The Morgan fingerprint density at radius 3 is 2.23 bits per heavy atom. The number of fused-ring (bicyclic) bond motifs is 1. The van der Waals surface area contributed by atoms with Crippen LogP contribution in [0.5, 0.6) is 17.2 Å². The van der Waals surface area contributed by atoms with Gasteiger partial charge in [0.05, 0.1) is 14.2 Å². The SMILES string of the molecule is CCN(CC)C(=O)Oc1ccc2c(ccn2Cc2ccc(Br)cc2)c1-c1ccc(OC)c(OC)c1. The van der Waals surface area contributed by atoms with E-state index in [2.05, 4.69) is 44.9 Å². The van der Waals surface area contributed by atoms with E-state index in [4.69, 9.17) is 14.2 Å². The van der Waals surface area contributed by atoms with Crippen LogP contribution >= 0.6 is 15.9 Å². The summed E-state index contributed by atoms with van der Waals surface area (Å²) < 4.78 is 20.1. The number of carbonyl (C=O) groups excluding carboxylic acids is 1. The lowest BCUT2D eigenvalue weighted by atomic mass is 10.00. The molecular weight excluding hydrogens is 508 g/mol. The Bertz CT molecular complexity index is 1330. The second kappa shape index (κ2) is 10.9. The maximum atomic E-state index is 12.8. The van der Waals surface area contributed by atoms with Gasteiger partial charge in [0.25, 0.3) is 0 Å². The van der Waals surface area contributed by atoms with Crippen LogP contribution in [0.1, 0.15) is 19.4 Å². The molecule has 7 heteroatoms. The van der Waals surface area contributed by atoms with Crippen LogP contribution in [0.15, 0.2) is 71.3 Å². The van der Waals surface area contributed by atoms with E-state index >= 15 is 0 Å². The van der Waals surface area contributed by atoms with E-state index in [9.17, 15) is 4.79 Å². The van der Waals surface area contributed by atoms with Crippen molar-refractivity contribution >= 4 is 32.9 Å². The minimum absolute atomic E-state index is 0.370. The van der Waals surface area contributed by atoms with Crippen LogP contribution in [0, 0.1) is 0 Å². The highest BCUT2D eigenvalue weighted by Gasteiger charge is 2.20. The van der Waals surface area contributed by atoms with Crippen molar-refractivity contribution < 1.29 is 19.0 Å². The van der Waals surface area contributed by atoms with Crippen molar-refractivity contribution in [2.45, 2.75) is 20.4 Å². The van der Waals surface area contributed by atoms with Crippen LogP contribution in [0.2, 0.25) is 0 Å². The molecule has 0 aliphatic heterocycles. The van der Waals surface area contributed by atoms with Gasteiger partial charge in [-0.1, -0.05) is 34.1 Å². The van der Waals surface area contributed by atoms with Crippen LogP contribution in [0.3, 0.4) is 0 Å². The number of benzene rings is 3. The molecular formula is C28H29BrN2O4. The smallest absolute Gasteiger partial charge is 0.415 e. The normalized spacial score (nSPS) is 10.9. The highest BCUT2D eigenvalue weighted by molar-refractivity contribution is 9.10. The van der Waals surface area contributed by atoms with Crippen molar-refractivity contribution in [2.24, 2.45) is 0 Å². The summed E-state index contributed by atoms with van der Waals surface area (Å²) in [5, 5.41) is 0.985. The molecule has 0 aliphatic rings. The molecule has 0 aliphatic carbocycles. The lowest BCUT2D eigenvalue weighted by molar-refractivity contribution is 0.157. The van der Waals surface area contributed by atoms with Gasteiger partial charge in [0, 0.05) is 46.8 Å². The number of ether oxygens (including phenoxy) is 3. The zero-order valence-electron chi connectivity index (χ0n) is 20.4. The van der Waals surface area contributed by atoms with Crippen LogP contribution < -0.4 is 14.2 Å². The van der Waals surface area contributed by atoms with Crippen LogP contribution in [-0.2, 0) is 6.54 Å². The summed E-state index contributed by atoms with van der Waals surface area (Å²) in [5.74, 6) is 1.75. The van der Waals surface area contributed by atoms with Crippen molar-refractivity contribution in [2.75, 3.05) is 27.3 Å². The summed E-state index contributed by atoms with van der Waals surface area (Å²) in [6, 6.07) is 20.0. The Balaban J connectivity index is 1.84. The van der Waals surface area contributed by atoms with Crippen molar-refractivity contribution in [3.8, 4) is 28.4 Å². The van der Waals surface area contributed by atoms with E-state index in [1.807, 2.05) is 56.3 Å². The monoisotopic (exact) mass is 536 g/mol. The maximum absolute atomic E-state index is 12.8. The first-order valence-electron chi connectivity index (χ1n) is 11.5. The van der Waals surface area contributed by atoms with E-state index < -0.39 is 0 Å². The van der Waals surface area contributed by atoms with E-state index in [0.29, 0.717) is 30.3 Å². The van der Waals surface area contributed by atoms with Gasteiger partial charge in [-0.05, 0) is 67.4 Å². The van der Waals surface area contributed by atoms with Crippen LogP contribution in [0.25, 0.3) is 22.0 Å². The first-order chi connectivity index (χ1) is 17.0. The van der Waals surface area contributed by atoms with Crippen LogP contribution in [-0.4, -0.2) is 42.9 Å². The van der Waals surface area contributed by atoms with Gasteiger partial charge in [-0.3, -0.25) is 0 Å². The maximum Gasteiger partial charge on any atom is 0.415 e. The fourth-order valence-electron chi connectivity index (χ4n) is 4.19. The summed E-state index contributed by atoms with van der Waals surface area (Å²) in [4.78, 5) is 14.5. The number of halogens is 1. The van der Waals surface area contributed by atoms with Gasteiger partial charge in [0.2, 0.25) is 0 Å². The predicted octanol–water partition coefficient (Wildman–Crippen LogP) is 6.98. The molecule has 0 fully saturated rings. The molecule has 1 aromatic heterocycles. The average molecular weight is 537 g/mol. The van der Waals surface area contributed by atoms with Gasteiger partial charge < -0.3 is 23.7 Å². The second-order valence-electron chi connectivity index (χ2n) is 8.05. The number of nitrogens with zero attached hydrogens (tertiary/aromatic N) is 2. The highest BCUT2D eigenvalue weighted by Crippen LogP contribution is 2.41. The Labute approximate surface area is 214 Å². The molecule has 1 amide bonds. The highest BCUT2D eigenvalue weighted by atomic mass is 79.9. The van der Waals surface area contributed by atoms with Crippen molar-refractivity contribution in [1.82, 2.24) is 9.47 Å². The topological polar surface area (TPSA) is 52.9 Å². The van der Waals surface area contributed by atoms with Gasteiger partial charge in [-0.25, -0.2) is 4.79 Å². The molecule has 0 unspecified atom stereocenters. The van der Waals surface area contributed by atoms with E-state index in [1.165, 1.54) is 5.56 Å². The number of hydrogen-bond acceptors (Lipinski definition) is 4. The molecule has 0 N–H and O–H groups in total. The van der Waals surface area contributed by atoms with Gasteiger partial charge in [0.1, 0.15) is 5.75 Å². The molecule has 0 spiro atoms. The molecule has 4 rings (SSSR count). The second-order valence-corrected chi connectivity index (χ2v) is 8.97. The number of hydrogen-bond donors (Lipinski definition) is 0. The lowest BCUT2D eigenvalue weighted by Crippen LogP contribution is -2.33. The molecule has 35 heavy (non-hydrogen) atoms. The van der Waals surface area contributed by atoms with Gasteiger partial charge in [-0.15, -0.1) is 0 Å². The molecule has 4 aromatic rings. The Morgan fingerprint density at radius 1 is 0.886 bits per heavy atom. The molecule has 1 heterocycles. The number of aromatic nitrogens is 1. The summed E-state index contributed by atoms with van der Waals surface area (Å²) in [7, 11) is 3.22. The minimum Gasteiger partial charge on any atom is -0.493 e. The fourth-order valence-corrected chi connectivity index (χ4v) is 4.46. The summed E-state index contributed by atoms with van der Waals surface area (Å²) in [6.07, 6.45) is 1.69. The average Bonchev–Trinajstić information content (AvgIpc) is 3.28. The predicted molar refractivity (Wildman–Crippen MR) is 143 cm³/mol. The Kier molecular flexibility index (Phi) is 7.66. The third-order valence-corrected chi connectivity index (χ3v) is 6.60. The molecule has 0 bridgehead atoms. The number of carbonyl (C=O) groups is 1. The number of methoxy groups -OCH3 is 2. The van der Waals surface area contributed by atoms with Gasteiger partial charge in [0.15, 0.2) is 11.5 Å². The number of amides is 1. The minimum atomic E-state index is -0.370. The lowest BCUT2D eigenvalue weighted by Gasteiger charge is -2.20. The standard InChI is InChI=1S/C28H29BrN2O4/c1-5-30(6-2)28(32)35-25-14-12-23-22(15-16-31(23)18-19-7-10-21(29)11-8-19)27(25)20-9-13-24(33-3)26(17-20)34-4/h7-17H,5-6,18H2,1-4H3. The van der Waals surface area contributed by atoms with Gasteiger partial charge in [-0.2, -0.15) is 0 Å². The number of rotatable bonds is 8. The molecule has 0 radical (unpaired) electrons.